The fraction of sp³-hybridized carbons (Fsp3) is 0.716. The second-order valence-corrected chi connectivity index (χ2v) is 21.6. The van der Waals surface area contributed by atoms with E-state index in [-0.39, 0.29) is 32.2 Å². The van der Waals surface area contributed by atoms with Crippen LogP contribution in [0.4, 0.5) is 0 Å². The Bertz CT molecular complexity index is 1570. The Morgan fingerprint density at radius 1 is 0.408 bits per heavy atom. The van der Waals surface area contributed by atoms with Crippen molar-refractivity contribution in [2.24, 2.45) is 0 Å². The molecule has 0 heterocycles. The zero-order chi connectivity index (χ0) is 55.5. The van der Waals surface area contributed by atoms with Gasteiger partial charge in [0.05, 0.1) is 34.4 Å². The molecule has 0 aliphatic carbocycles. The number of allylic oxidation sites excluding steroid dienone is 16. The van der Waals surface area contributed by atoms with Gasteiger partial charge in [-0.15, -0.1) is 0 Å². The van der Waals surface area contributed by atoms with E-state index in [0.29, 0.717) is 23.9 Å². The SMILES string of the molecule is CC/C=C\C/C=C\C/C=C\C/C=C\C/C=C\C/C=C\C/C=C\C/C=C\CCCCCCCCCCCCC(=O)OC(COC(=O)CCCCCCCCCCCCCCCCCC)COC(OCC[N+](C)(C)C)C(=O)O. The standard InChI is InChI=1S/C67H115NO8/c1-6-8-10-12-14-16-18-20-22-24-25-26-27-28-29-30-31-32-33-34-35-36-37-38-39-40-41-42-44-46-48-50-52-54-56-58-65(70)76-63(62-75-67(66(71)72)73-60-59-68(3,4)5)61-74-64(69)57-55-53-51-49-47-45-43-23-21-19-17-15-13-11-9-7-2/h8,10,14,16,20,22,25-26,28-29,31-32,34-35,37-38,63,67H,6-7,9,11-13,15,17-19,21,23-24,27,30,33,36,39-62H2,1-5H3/p+1/b10-8-,16-14-,22-20-,26-25-,29-28-,32-31-,35-34-,38-37-. The second kappa shape index (κ2) is 57.4. The molecule has 9 nitrogen and oxygen atoms in total. The molecule has 0 aromatic heterocycles. The summed E-state index contributed by atoms with van der Waals surface area (Å²) >= 11 is 0. The summed E-state index contributed by atoms with van der Waals surface area (Å²) in [5.74, 6) is -2.01. The molecule has 0 rings (SSSR count). The molecular formula is C67H116NO8+. The van der Waals surface area contributed by atoms with E-state index in [1.54, 1.807) is 0 Å². The average Bonchev–Trinajstić information content (AvgIpc) is 3.39. The third kappa shape index (κ3) is 57.9. The number of hydrogen-bond acceptors (Lipinski definition) is 7. The second-order valence-electron chi connectivity index (χ2n) is 21.6. The first-order valence-electron chi connectivity index (χ1n) is 30.9. The molecule has 436 valence electrons. The van der Waals surface area contributed by atoms with E-state index in [0.717, 1.165) is 96.3 Å². The minimum Gasteiger partial charge on any atom is -0.477 e. The first kappa shape index (κ1) is 72.2. The number of aliphatic carboxylic acids is 1. The van der Waals surface area contributed by atoms with Crippen LogP contribution in [0.1, 0.15) is 251 Å². The van der Waals surface area contributed by atoms with Crippen LogP contribution in [0.3, 0.4) is 0 Å². The molecule has 0 radical (unpaired) electrons. The van der Waals surface area contributed by atoms with Gasteiger partial charge in [0, 0.05) is 12.8 Å². The quantitative estimate of drug-likeness (QED) is 0.0211. The lowest BCUT2D eigenvalue weighted by Crippen LogP contribution is -2.40. The maximum absolute atomic E-state index is 12.9. The summed E-state index contributed by atoms with van der Waals surface area (Å²) in [7, 11) is 5.97. The maximum Gasteiger partial charge on any atom is 0.361 e. The number of carbonyl (C=O) groups excluding carboxylic acids is 2. The average molecular weight is 1060 g/mol. The predicted molar refractivity (Wildman–Crippen MR) is 322 cm³/mol. The molecule has 76 heavy (non-hydrogen) atoms. The van der Waals surface area contributed by atoms with Crippen LogP contribution in [0.2, 0.25) is 0 Å². The minimum atomic E-state index is -1.51. The van der Waals surface area contributed by atoms with E-state index in [1.807, 2.05) is 21.1 Å². The van der Waals surface area contributed by atoms with Gasteiger partial charge in [-0.05, 0) is 77.0 Å². The molecule has 0 aromatic rings. The molecular weight excluding hydrogens is 947 g/mol. The molecule has 0 bridgehead atoms. The summed E-state index contributed by atoms with van der Waals surface area (Å²) in [5.41, 5.74) is 0. The summed E-state index contributed by atoms with van der Waals surface area (Å²) in [6.45, 7) is 4.77. The predicted octanol–water partition coefficient (Wildman–Crippen LogP) is 18.5. The van der Waals surface area contributed by atoms with Crippen LogP contribution in [0.5, 0.6) is 0 Å². The van der Waals surface area contributed by atoms with Crippen molar-refractivity contribution in [1.29, 1.82) is 0 Å². The van der Waals surface area contributed by atoms with Crippen molar-refractivity contribution < 1.29 is 42.9 Å². The molecule has 0 spiro atoms. The minimum absolute atomic E-state index is 0.184. The summed E-state index contributed by atoms with van der Waals surface area (Å²) in [6.07, 6.45) is 74.9. The highest BCUT2D eigenvalue weighted by molar-refractivity contribution is 5.71. The van der Waals surface area contributed by atoms with E-state index < -0.39 is 24.3 Å². The Hall–Kier alpha value is -3.79. The van der Waals surface area contributed by atoms with Gasteiger partial charge in [0.25, 0.3) is 6.29 Å². The van der Waals surface area contributed by atoms with Gasteiger partial charge in [-0.2, -0.15) is 0 Å². The Balaban J connectivity index is 4.18. The van der Waals surface area contributed by atoms with Crippen molar-refractivity contribution >= 4 is 17.9 Å². The van der Waals surface area contributed by atoms with E-state index in [1.165, 1.54) is 122 Å². The number of unbranched alkanes of at least 4 members (excludes halogenated alkanes) is 25. The topological polar surface area (TPSA) is 108 Å². The van der Waals surface area contributed by atoms with Crippen molar-refractivity contribution in [3.05, 3.63) is 97.2 Å². The van der Waals surface area contributed by atoms with Gasteiger partial charge >= 0.3 is 17.9 Å². The van der Waals surface area contributed by atoms with Gasteiger partial charge in [-0.3, -0.25) is 9.59 Å². The van der Waals surface area contributed by atoms with E-state index in [9.17, 15) is 19.5 Å². The van der Waals surface area contributed by atoms with Crippen LogP contribution < -0.4 is 0 Å². The molecule has 1 N–H and O–H groups in total. The lowest BCUT2D eigenvalue weighted by atomic mass is 10.0. The van der Waals surface area contributed by atoms with E-state index >= 15 is 0 Å². The highest BCUT2D eigenvalue weighted by atomic mass is 16.7. The zero-order valence-electron chi connectivity index (χ0n) is 49.6. The van der Waals surface area contributed by atoms with Crippen LogP contribution in [0.15, 0.2) is 97.2 Å². The van der Waals surface area contributed by atoms with Crippen molar-refractivity contribution in [3.63, 3.8) is 0 Å². The monoisotopic (exact) mass is 1060 g/mol. The summed E-state index contributed by atoms with van der Waals surface area (Å²) in [5, 5.41) is 9.71. The third-order valence-electron chi connectivity index (χ3n) is 13.1. The van der Waals surface area contributed by atoms with Gasteiger partial charge in [-0.1, -0.05) is 259 Å². The Labute approximate surface area is 467 Å². The summed E-state index contributed by atoms with van der Waals surface area (Å²) in [4.78, 5) is 37.4. The van der Waals surface area contributed by atoms with Crippen molar-refractivity contribution in [3.8, 4) is 0 Å². The number of carbonyl (C=O) groups is 3. The van der Waals surface area contributed by atoms with Crippen LogP contribution in [-0.2, 0) is 33.3 Å². The fourth-order valence-corrected chi connectivity index (χ4v) is 8.38. The first-order chi connectivity index (χ1) is 37.1. The molecule has 0 fully saturated rings. The molecule has 2 unspecified atom stereocenters. The number of nitrogens with zero attached hydrogens (tertiary/aromatic N) is 1. The smallest absolute Gasteiger partial charge is 0.361 e. The molecule has 9 heteroatoms. The number of esters is 2. The van der Waals surface area contributed by atoms with Gasteiger partial charge in [-0.25, -0.2) is 4.79 Å². The number of carboxylic acids is 1. The van der Waals surface area contributed by atoms with Crippen molar-refractivity contribution in [2.45, 2.75) is 264 Å². The highest BCUT2D eigenvalue weighted by Crippen LogP contribution is 2.16. The lowest BCUT2D eigenvalue weighted by Gasteiger charge is -2.25. The van der Waals surface area contributed by atoms with Gasteiger partial charge < -0.3 is 28.5 Å². The third-order valence-corrected chi connectivity index (χ3v) is 13.1. The Kier molecular flexibility index (Phi) is 54.5. The molecule has 0 amide bonds. The highest BCUT2D eigenvalue weighted by Gasteiger charge is 2.25. The normalized spacial score (nSPS) is 13.4. The largest absolute Gasteiger partial charge is 0.477 e. The number of rotatable bonds is 56. The van der Waals surface area contributed by atoms with Crippen LogP contribution >= 0.6 is 0 Å². The first-order valence-corrected chi connectivity index (χ1v) is 30.9. The van der Waals surface area contributed by atoms with Gasteiger partial charge in [0.2, 0.25) is 0 Å². The fourth-order valence-electron chi connectivity index (χ4n) is 8.38. The molecule has 0 aliphatic heterocycles. The van der Waals surface area contributed by atoms with Crippen molar-refractivity contribution in [2.75, 3.05) is 47.5 Å². The number of carboxylic acid groups (broad SMARTS) is 1. The maximum atomic E-state index is 12.9. The van der Waals surface area contributed by atoms with E-state index in [4.69, 9.17) is 18.9 Å². The molecule has 0 aromatic carbocycles. The van der Waals surface area contributed by atoms with Crippen molar-refractivity contribution in [1.82, 2.24) is 0 Å². The van der Waals surface area contributed by atoms with Crippen LogP contribution in [0, 0.1) is 0 Å². The van der Waals surface area contributed by atoms with E-state index in [2.05, 4.69) is 111 Å². The Morgan fingerprint density at radius 2 is 0.750 bits per heavy atom. The molecule has 2 atom stereocenters. The number of quaternary nitrogens is 1. The number of ether oxygens (including phenoxy) is 4. The number of likely N-dealkylation sites (N-methyl/N-ethyl adjacent to an activating group) is 1. The molecule has 0 aliphatic rings. The van der Waals surface area contributed by atoms with Crippen LogP contribution in [0.25, 0.3) is 0 Å². The van der Waals surface area contributed by atoms with Crippen LogP contribution in [-0.4, -0.2) is 87.4 Å². The number of hydrogen-bond donors (Lipinski definition) is 1. The van der Waals surface area contributed by atoms with Gasteiger partial charge in [0.15, 0.2) is 6.10 Å². The Morgan fingerprint density at radius 3 is 1.12 bits per heavy atom. The molecule has 0 saturated heterocycles. The van der Waals surface area contributed by atoms with Gasteiger partial charge in [0.1, 0.15) is 13.2 Å². The summed E-state index contributed by atoms with van der Waals surface area (Å²) in [6, 6.07) is 0. The summed E-state index contributed by atoms with van der Waals surface area (Å²) < 4.78 is 22.9. The molecule has 0 saturated carbocycles. The lowest BCUT2D eigenvalue weighted by molar-refractivity contribution is -0.870. The zero-order valence-corrected chi connectivity index (χ0v) is 49.6.